The van der Waals surface area contributed by atoms with E-state index in [4.69, 9.17) is 0 Å². The Morgan fingerprint density at radius 1 is 1.13 bits per heavy atom. The van der Waals surface area contributed by atoms with Gasteiger partial charge in [-0.15, -0.1) is 0 Å². The van der Waals surface area contributed by atoms with Crippen LogP contribution in [-0.4, -0.2) is 15.4 Å². The van der Waals surface area contributed by atoms with Crippen LogP contribution < -0.4 is 5.32 Å². The second kappa shape index (κ2) is 8.45. The molecule has 1 aromatic heterocycles. The monoisotopic (exact) mass is 400 g/mol. The second-order valence-corrected chi connectivity index (χ2v) is 6.88. The molecule has 0 bridgehead atoms. The van der Waals surface area contributed by atoms with Gasteiger partial charge >= 0.3 is 0 Å². The highest BCUT2D eigenvalue weighted by Gasteiger charge is 2.16. The lowest BCUT2D eigenvalue weighted by Gasteiger charge is -2.09. The minimum Gasteiger partial charge on any atom is -0.321 e. The van der Waals surface area contributed by atoms with Crippen LogP contribution in [0.25, 0.3) is 11.8 Å². The lowest BCUT2D eigenvalue weighted by atomic mass is 10.1. The molecule has 0 atom stereocenters. The SMILES string of the molecule is Cc1ccccc1NC(=O)C(C#N)=Cc1cc(C)n(-c2cccc([N+](=O)[O-])c2)c1C. The predicted molar refractivity (Wildman–Crippen MR) is 115 cm³/mol. The summed E-state index contributed by atoms with van der Waals surface area (Å²) in [6.45, 7) is 5.58. The van der Waals surface area contributed by atoms with E-state index in [9.17, 15) is 20.2 Å². The third-order valence-electron chi connectivity index (χ3n) is 4.83. The maximum Gasteiger partial charge on any atom is 0.271 e. The fourth-order valence-electron chi connectivity index (χ4n) is 3.28. The first-order valence-corrected chi connectivity index (χ1v) is 9.24. The molecule has 150 valence electrons. The highest BCUT2D eigenvalue weighted by molar-refractivity contribution is 6.10. The number of nitro benzene ring substituents is 1. The van der Waals surface area contributed by atoms with Crippen molar-refractivity contribution in [2.75, 3.05) is 5.32 Å². The molecule has 2 aromatic carbocycles. The molecule has 7 nitrogen and oxygen atoms in total. The maximum atomic E-state index is 12.6. The quantitative estimate of drug-likeness (QED) is 0.286. The first-order chi connectivity index (χ1) is 14.3. The molecule has 0 fully saturated rings. The van der Waals surface area contributed by atoms with Crippen molar-refractivity contribution in [2.45, 2.75) is 20.8 Å². The number of anilines is 1. The van der Waals surface area contributed by atoms with E-state index in [1.165, 1.54) is 18.2 Å². The number of non-ortho nitro benzene ring substituents is 1. The standard InChI is InChI=1S/C23H20N4O3/c1-15-7-4-5-10-22(15)25-23(28)19(14-24)12-18-11-16(2)26(17(18)3)20-8-6-9-21(13-20)27(29)30/h4-13H,1-3H3,(H,25,28). The third kappa shape index (κ3) is 4.13. The molecule has 0 saturated carbocycles. The van der Waals surface area contributed by atoms with Crippen LogP contribution in [0.1, 0.15) is 22.5 Å². The summed E-state index contributed by atoms with van der Waals surface area (Å²) in [5, 5.41) is 23.4. The van der Waals surface area contributed by atoms with E-state index in [-0.39, 0.29) is 11.3 Å². The molecule has 3 rings (SSSR count). The number of carbonyl (C=O) groups excluding carboxylic acids is 1. The molecule has 0 radical (unpaired) electrons. The van der Waals surface area contributed by atoms with Crippen molar-refractivity contribution in [1.82, 2.24) is 4.57 Å². The number of rotatable bonds is 5. The normalized spacial score (nSPS) is 11.1. The first-order valence-electron chi connectivity index (χ1n) is 9.24. The van der Waals surface area contributed by atoms with Gasteiger partial charge in [-0.3, -0.25) is 14.9 Å². The van der Waals surface area contributed by atoms with Crippen molar-refractivity contribution in [2.24, 2.45) is 0 Å². The van der Waals surface area contributed by atoms with Gasteiger partial charge in [-0.25, -0.2) is 0 Å². The van der Waals surface area contributed by atoms with E-state index in [2.05, 4.69) is 5.32 Å². The van der Waals surface area contributed by atoms with E-state index in [1.54, 1.807) is 18.2 Å². The van der Waals surface area contributed by atoms with Gasteiger partial charge < -0.3 is 9.88 Å². The van der Waals surface area contributed by atoms with E-state index in [1.807, 2.05) is 55.7 Å². The van der Waals surface area contributed by atoms with Gasteiger partial charge in [0.1, 0.15) is 11.6 Å². The number of benzene rings is 2. The number of amides is 1. The molecule has 0 aliphatic carbocycles. The Balaban J connectivity index is 1.97. The zero-order valence-corrected chi connectivity index (χ0v) is 16.8. The fraction of sp³-hybridized carbons (Fsp3) is 0.130. The Morgan fingerprint density at radius 2 is 1.87 bits per heavy atom. The summed E-state index contributed by atoms with van der Waals surface area (Å²) in [4.78, 5) is 23.3. The molecule has 0 unspecified atom stereocenters. The summed E-state index contributed by atoms with van der Waals surface area (Å²) in [6, 6.07) is 17.4. The Labute approximate surface area is 174 Å². The molecule has 0 aliphatic heterocycles. The van der Waals surface area contributed by atoms with E-state index in [0.29, 0.717) is 16.9 Å². The third-order valence-corrected chi connectivity index (χ3v) is 4.83. The number of nitriles is 1. The molecule has 1 amide bonds. The topological polar surface area (TPSA) is 101 Å². The molecule has 0 aliphatic rings. The summed E-state index contributed by atoms with van der Waals surface area (Å²) in [5.41, 5.74) is 4.43. The summed E-state index contributed by atoms with van der Waals surface area (Å²) in [5.74, 6) is -0.494. The number of nitrogens with one attached hydrogen (secondary N) is 1. The van der Waals surface area contributed by atoms with Crippen LogP contribution in [0.15, 0.2) is 60.2 Å². The lowest BCUT2D eigenvalue weighted by Crippen LogP contribution is -2.14. The Bertz CT molecular complexity index is 1220. The highest BCUT2D eigenvalue weighted by Crippen LogP contribution is 2.25. The number of hydrogen-bond acceptors (Lipinski definition) is 4. The number of nitro groups is 1. The zero-order valence-electron chi connectivity index (χ0n) is 16.8. The van der Waals surface area contributed by atoms with Crippen molar-refractivity contribution < 1.29 is 9.72 Å². The van der Waals surface area contributed by atoms with Gasteiger partial charge in [0.05, 0.1) is 10.6 Å². The molecule has 0 spiro atoms. The van der Waals surface area contributed by atoms with Gasteiger partial charge in [-0.2, -0.15) is 5.26 Å². The van der Waals surface area contributed by atoms with Gasteiger partial charge in [0, 0.05) is 29.2 Å². The van der Waals surface area contributed by atoms with Crippen LogP contribution in [0.2, 0.25) is 0 Å². The molecular weight excluding hydrogens is 380 g/mol. The minimum atomic E-state index is -0.494. The molecule has 7 heteroatoms. The van der Waals surface area contributed by atoms with E-state index >= 15 is 0 Å². The Hall–Kier alpha value is -4.18. The van der Waals surface area contributed by atoms with E-state index < -0.39 is 10.8 Å². The number of aromatic nitrogens is 1. The Kier molecular flexibility index (Phi) is 5.79. The fourth-order valence-corrected chi connectivity index (χ4v) is 3.28. The number of aryl methyl sites for hydroxylation is 2. The van der Waals surface area contributed by atoms with Crippen molar-refractivity contribution >= 4 is 23.4 Å². The molecule has 0 saturated heterocycles. The number of hydrogen-bond donors (Lipinski definition) is 1. The van der Waals surface area contributed by atoms with Gasteiger partial charge in [-0.05, 0) is 56.2 Å². The summed E-state index contributed by atoms with van der Waals surface area (Å²) < 4.78 is 1.85. The summed E-state index contributed by atoms with van der Waals surface area (Å²) >= 11 is 0. The van der Waals surface area contributed by atoms with Gasteiger partial charge in [-0.1, -0.05) is 24.3 Å². The zero-order chi connectivity index (χ0) is 21.8. The van der Waals surface area contributed by atoms with Crippen LogP contribution in [0, 0.1) is 42.2 Å². The van der Waals surface area contributed by atoms with Gasteiger partial charge in [0.25, 0.3) is 11.6 Å². The second-order valence-electron chi connectivity index (χ2n) is 6.88. The molecular formula is C23H20N4O3. The predicted octanol–water partition coefficient (Wildman–Crippen LogP) is 4.86. The average Bonchev–Trinajstić information content (AvgIpc) is 3.00. The first kappa shape index (κ1) is 20.6. The summed E-state index contributed by atoms with van der Waals surface area (Å²) in [6.07, 6.45) is 1.53. The van der Waals surface area contributed by atoms with Crippen molar-refractivity contribution in [3.05, 3.63) is 92.8 Å². The van der Waals surface area contributed by atoms with Gasteiger partial charge in [0.2, 0.25) is 0 Å². The van der Waals surface area contributed by atoms with Crippen LogP contribution >= 0.6 is 0 Å². The Morgan fingerprint density at radius 3 is 2.53 bits per heavy atom. The van der Waals surface area contributed by atoms with Crippen molar-refractivity contribution in [1.29, 1.82) is 5.26 Å². The smallest absolute Gasteiger partial charge is 0.271 e. The summed E-state index contributed by atoms with van der Waals surface area (Å²) in [7, 11) is 0. The van der Waals surface area contributed by atoms with Crippen LogP contribution in [0.4, 0.5) is 11.4 Å². The van der Waals surface area contributed by atoms with Crippen molar-refractivity contribution in [3.63, 3.8) is 0 Å². The number of nitrogens with zero attached hydrogens (tertiary/aromatic N) is 3. The molecule has 3 aromatic rings. The van der Waals surface area contributed by atoms with Crippen molar-refractivity contribution in [3.8, 4) is 11.8 Å². The molecule has 30 heavy (non-hydrogen) atoms. The largest absolute Gasteiger partial charge is 0.321 e. The maximum absolute atomic E-state index is 12.6. The van der Waals surface area contributed by atoms with E-state index in [0.717, 1.165) is 17.0 Å². The number of para-hydroxylation sites is 1. The molecule has 1 heterocycles. The lowest BCUT2D eigenvalue weighted by molar-refractivity contribution is -0.384. The molecule has 1 N–H and O–H groups in total. The number of carbonyl (C=O) groups is 1. The minimum absolute atomic E-state index is 0.00702. The average molecular weight is 400 g/mol. The van der Waals surface area contributed by atoms with Crippen LogP contribution in [-0.2, 0) is 4.79 Å². The highest BCUT2D eigenvalue weighted by atomic mass is 16.6. The van der Waals surface area contributed by atoms with Gasteiger partial charge in [0.15, 0.2) is 0 Å². The van der Waals surface area contributed by atoms with Crippen LogP contribution in [0.5, 0.6) is 0 Å². The van der Waals surface area contributed by atoms with Crippen LogP contribution in [0.3, 0.4) is 0 Å².